The fourth-order valence-corrected chi connectivity index (χ4v) is 1.78. The zero-order chi connectivity index (χ0) is 15.6. The molecule has 0 unspecified atom stereocenters. The van der Waals surface area contributed by atoms with Crippen molar-refractivity contribution in [2.75, 3.05) is 19.8 Å². The van der Waals surface area contributed by atoms with Crippen LogP contribution in [0.5, 0.6) is 0 Å². The lowest BCUT2D eigenvalue weighted by molar-refractivity contribution is -0.421. The van der Waals surface area contributed by atoms with Gasteiger partial charge >= 0.3 is 0 Å². The molecule has 0 radical (unpaired) electrons. The summed E-state index contributed by atoms with van der Waals surface area (Å²) < 4.78 is 102. The Hall–Kier alpha value is -0.800. The van der Waals surface area contributed by atoms with E-state index in [0.29, 0.717) is 0 Å². The molecule has 0 atom stereocenters. The molecule has 120 valence electrons. The van der Waals surface area contributed by atoms with Gasteiger partial charge in [-0.25, -0.2) is 0 Å². The van der Waals surface area contributed by atoms with Crippen molar-refractivity contribution in [3.05, 3.63) is 0 Å². The van der Waals surface area contributed by atoms with Crippen molar-refractivity contribution in [2.45, 2.75) is 17.7 Å². The third kappa shape index (κ3) is 2.94. The van der Waals surface area contributed by atoms with Gasteiger partial charge in [-0.1, -0.05) is 35.9 Å². The lowest BCUT2D eigenvalue weighted by Gasteiger charge is -2.42. The highest BCUT2D eigenvalue weighted by Crippen LogP contribution is 2.38. The molecule has 6 nitrogen and oxygen atoms in total. The van der Waals surface area contributed by atoms with Crippen LogP contribution in [0.2, 0.25) is 0 Å². The summed E-state index contributed by atoms with van der Waals surface area (Å²) in [5, 5.41) is -4.15. The quantitative estimate of drug-likeness (QED) is 0.461. The fraction of sp³-hybridized carbons (Fsp3) is 1.00. The maximum atomic E-state index is 12.7. The summed E-state index contributed by atoms with van der Waals surface area (Å²) in [4.78, 5) is 0. The summed E-state index contributed by atoms with van der Waals surface area (Å²) in [6, 6.07) is 0. The van der Waals surface area contributed by atoms with Gasteiger partial charge in [0.15, 0.2) is 0 Å². The predicted molar refractivity (Wildman–Crippen MR) is 47.2 cm³/mol. The van der Waals surface area contributed by atoms with E-state index < -0.39 is 58.9 Å². The van der Waals surface area contributed by atoms with Gasteiger partial charge in [-0.05, 0) is 0 Å². The molecule has 1 saturated heterocycles. The van der Waals surface area contributed by atoms with Crippen molar-refractivity contribution >= 4 is 0 Å². The van der Waals surface area contributed by atoms with Crippen LogP contribution >= 0.6 is 0 Å². The standard InChI is InChI=1S/C6H10F8N6/c7-17(8)5(18(9)10)1-6(19(11)12,20(13)14)3-16-4-15-2-5/h15-16H,1-4H2. The maximum Gasteiger partial charge on any atom is 0.211 e. The number of nitrogens with zero attached hydrogens (tertiary/aromatic N) is 4. The van der Waals surface area contributed by atoms with Crippen molar-refractivity contribution < 1.29 is 35.9 Å². The lowest BCUT2D eigenvalue weighted by atomic mass is 9.95. The minimum Gasteiger partial charge on any atom is -0.301 e. The van der Waals surface area contributed by atoms with E-state index in [1.54, 1.807) is 0 Å². The number of hydrogen-bond donors (Lipinski definition) is 2. The van der Waals surface area contributed by atoms with E-state index >= 15 is 0 Å². The van der Waals surface area contributed by atoms with Gasteiger partial charge in [0.1, 0.15) is 0 Å². The Kier molecular flexibility index (Phi) is 5.45. The van der Waals surface area contributed by atoms with Crippen LogP contribution < -0.4 is 10.6 Å². The molecule has 1 rings (SSSR count). The summed E-state index contributed by atoms with van der Waals surface area (Å²) in [7, 11) is 0. The van der Waals surface area contributed by atoms with Gasteiger partial charge < -0.3 is 10.6 Å². The Morgan fingerprint density at radius 3 is 1.15 bits per heavy atom. The van der Waals surface area contributed by atoms with Crippen LogP contribution in [0, 0.1) is 0 Å². The molecule has 0 saturated carbocycles. The highest BCUT2D eigenvalue weighted by atomic mass is 19.4. The van der Waals surface area contributed by atoms with E-state index in [1.807, 2.05) is 0 Å². The van der Waals surface area contributed by atoms with Crippen LogP contribution in [0.15, 0.2) is 0 Å². The normalized spacial score (nSPS) is 23.4. The monoisotopic (exact) mass is 318 g/mol. The van der Waals surface area contributed by atoms with Crippen molar-refractivity contribution in [2.24, 2.45) is 0 Å². The fourth-order valence-electron chi connectivity index (χ4n) is 1.78. The van der Waals surface area contributed by atoms with Gasteiger partial charge in [0.05, 0.1) is 0 Å². The van der Waals surface area contributed by atoms with Crippen LogP contribution in [0.25, 0.3) is 0 Å². The smallest absolute Gasteiger partial charge is 0.211 e. The molecular formula is C6H10F8N6. The summed E-state index contributed by atoms with van der Waals surface area (Å²) in [6.45, 7) is -2.96. The van der Waals surface area contributed by atoms with Crippen LogP contribution in [0.3, 0.4) is 0 Å². The molecule has 0 aromatic rings. The van der Waals surface area contributed by atoms with E-state index in [2.05, 4.69) is 10.6 Å². The highest BCUT2D eigenvalue weighted by Gasteiger charge is 2.60. The van der Waals surface area contributed by atoms with E-state index in [0.717, 1.165) is 0 Å². The Bertz CT molecular complexity index is 270. The minimum absolute atomic E-state index is 0.493. The van der Waals surface area contributed by atoms with Gasteiger partial charge in [0, 0.05) is 47.6 Å². The number of rotatable bonds is 4. The molecule has 1 aliphatic rings. The van der Waals surface area contributed by atoms with Crippen LogP contribution in [-0.4, -0.2) is 52.5 Å². The topological polar surface area (TPSA) is 37.0 Å². The average Bonchev–Trinajstić information content (AvgIpc) is 2.27. The number of hydrogen-bond acceptors (Lipinski definition) is 6. The molecule has 0 aliphatic carbocycles. The molecule has 0 spiro atoms. The zero-order valence-corrected chi connectivity index (χ0v) is 9.64. The molecular weight excluding hydrogens is 308 g/mol. The third-order valence-electron chi connectivity index (χ3n) is 2.89. The van der Waals surface area contributed by atoms with E-state index in [-0.39, 0.29) is 0 Å². The van der Waals surface area contributed by atoms with Gasteiger partial charge in [-0.2, -0.15) is 0 Å². The first-order valence-corrected chi connectivity index (χ1v) is 5.08. The Morgan fingerprint density at radius 1 is 0.600 bits per heavy atom. The van der Waals surface area contributed by atoms with E-state index in [4.69, 9.17) is 0 Å². The van der Waals surface area contributed by atoms with Gasteiger partial charge in [0.2, 0.25) is 11.3 Å². The second-order valence-corrected chi connectivity index (χ2v) is 4.10. The number of nitrogens with one attached hydrogen (secondary N) is 2. The summed E-state index contributed by atoms with van der Waals surface area (Å²) >= 11 is 0. The molecule has 1 heterocycles. The molecule has 0 aromatic heterocycles. The highest BCUT2D eigenvalue weighted by molar-refractivity contribution is 4.95. The van der Waals surface area contributed by atoms with Crippen molar-refractivity contribution in [1.82, 2.24) is 32.0 Å². The summed E-state index contributed by atoms with van der Waals surface area (Å²) in [5.74, 6) is 0. The van der Waals surface area contributed by atoms with Gasteiger partial charge in [-0.3, -0.25) is 0 Å². The number of halogens is 8. The maximum absolute atomic E-state index is 12.7. The molecule has 2 N–H and O–H groups in total. The molecule has 1 fully saturated rings. The molecule has 0 bridgehead atoms. The molecule has 20 heavy (non-hydrogen) atoms. The lowest BCUT2D eigenvalue weighted by Crippen LogP contribution is -2.68. The molecule has 0 aromatic carbocycles. The Morgan fingerprint density at radius 2 is 0.900 bits per heavy atom. The molecule has 1 aliphatic heterocycles. The van der Waals surface area contributed by atoms with Crippen LogP contribution in [0.1, 0.15) is 6.42 Å². The largest absolute Gasteiger partial charge is 0.301 e. The molecule has 0 amide bonds. The second kappa shape index (κ2) is 6.31. The average molecular weight is 318 g/mol. The van der Waals surface area contributed by atoms with Crippen molar-refractivity contribution in [1.29, 1.82) is 0 Å². The zero-order valence-electron chi connectivity index (χ0n) is 9.64. The van der Waals surface area contributed by atoms with Crippen LogP contribution in [-0.2, 0) is 0 Å². The van der Waals surface area contributed by atoms with Gasteiger partial charge in [0.25, 0.3) is 0 Å². The SMILES string of the molecule is FN(F)C1(N(F)F)CNCNCC(N(F)F)(N(F)F)C1. The first kappa shape index (κ1) is 17.3. The first-order chi connectivity index (χ1) is 9.19. The van der Waals surface area contributed by atoms with E-state index in [1.165, 1.54) is 0 Å². The van der Waals surface area contributed by atoms with Crippen molar-refractivity contribution in [3.8, 4) is 0 Å². The first-order valence-electron chi connectivity index (χ1n) is 5.08. The van der Waals surface area contributed by atoms with Crippen LogP contribution in [0.4, 0.5) is 35.9 Å². The Labute approximate surface area is 107 Å². The van der Waals surface area contributed by atoms with Gasteiger partial charge in [-0.15, -0.1) is 0 Å². The predicted octanol–water partition coefficient (Wildman–Crippen LogP) is 1.20. The third-order valence-corrected chi connectivity index (χ3v) is 2.89. The minimum atomic E-state index is -3.64. The Balaban J connectivity index is 3.24. The second-order valence-electron chi connectivity index (χ2n) is 4.10. The molecule has 14 heteroatoms. The van der Waals surface area contributed by atoms with Crippen molar-refractivity contribution in [3.63, 3.8) is 0 Å². The van der Waals surface area contributed by atoms with E-state index in [9.17, 15) is 35.9 Å². The summed E-state index contributed by atoms with van der Waals surface area (Å²) in [5.41, 5.74) is -7.29. The summed E-state index contributed by atoms with van der Waals surface area (Å²) in [6.07, 6.45) is -1.97.